The van der Waals surface area contributed by atoms with Crippen molar-refractivity contribution in [2.45, 2.75) is 19.4 Å². The van der Waals surface area contributed by atoms with Gasteiger partial charge in [-0.1, -0.05) is 36.1 Å². The minimum absolute atomic E-state index is 0.307. The van der Waals surface area contributed by atoms with Crippen molar-refractivity contribution < 1.29 is 10.2 Å². The number of benzene rings is 1. The largest absolute Gasteiger partial charge is 0.507 e. The molecule has 3 rings (SSSR count). The summed E-state index contributed by atoms with van der Waals surface area (Å²) in [6.07, 6.45) is 5.85. The molecule has 0 fully saturated rings. The lowest BCUT2D eigenvalue weighted by Gasteiger charge is -2.05. The Balaban J connectivity index is 2.19. The quantitative estimate of drug-likeness (QED) is 0.678. The summed E-state index contributed by atoms with van der Waals surface area (Å²) in [7, 11) is 0. The molecule has 1 aromatic carbocycles. The van der Waals surface area contributed by atoms with Gasteiger partial charge in [0.1, 0.15) is 11.4 Å². The molecule has 0 atom stereocenters. The fraction of sp³-hybridized carbons (Fsp3) is 0.176. The Bertz CT molecular complexity index is 804. The van der Waals surface area contributed by atoms with Gasteiger partial charge in [0, 0.05) is 16.4 Å². The van der Waals surface area contributed by atoms with Gasteiger partial charge in [-0.15, -0.1) is 0 Å². The van der Waals surface area contributed by atoms with Crippen LogP contribution in [0.15, 0.2) is 42.0 Å². The number of allylic oxidation sites excluding steroid dienone is 3. The standard InChI is InChI=1S/C17H14O2/c1-17(2,19)9-8-11-6-7-13-12-4-3-5-14(12)16(18)15(13)10-11/h3-7,10,18-19H,1-2H3. The summed E-state index contributed by atoms with van der Waals surface area (Å²) in [4.78, 5) is 0. The second kappa shape index (κ2) is 3.88. The van der Waals surface area contributed by atoms with Crippen molar-refractivity contribution >= 4 is 11.3 Å². The molecular formula is C17H14O2. The van der Waals surface area contributed by atoms with Crippen LogP contribution in [0.3, 0.4) is 0 Å². The van der Waals surface area contributed by atoms with Gasteiger partial charge in [-0.05, 0) is 36.8 Å². The number of hydrogen-bond donors (Lipinski definition) is 2. The maximum atomic E-state index is 10.2. The highest BCUT2D eigenvalue weighted by molar-refractivity contribution is 5.93. The minimum Gasteiger partial charge on any atom is -0.507 e. The highest BCUT2D eigenvalue weighted by Gasteiger charge is 2.19. The Kier molecular flexibility index (Phi) is 2.41. The predicted octanol–water partition coefficient (Wildman–Crippen LogP) is 1.14. The van der Waals surface area contributed by atoms with Crippen molar-refractivity contribution in [1.82, 2.24) is 0 Å². The predicted molar refractivity (Wildman–Crippen MR) is 75.5 cm³/mol. The molecule has 0 saturated carbocycles. The molecule has 2 N–H and O–H groups in total. The first-order valence-electron chi connectivity index (χ1n) is 6.18. The molecule has 0 amide bonds. The normalized spacial score (nSPS) is 15.8. The van der Waals surface area contributed by atoms with Crippen molar-refractivity contribution in [3.63, 3.8) is 0 Å². The summed E-state index contributed by atoms with van der Waals surface area (Å²) in [6.45, 7) is 3.29. The molecule has 2 heteroatoms. The van der Waals surface area contributed by atoms with Gasteiger partial charge in [0.25, 0.3) is 0 Å². The van der Waals surface area contributed by atoms with E-state index in [1.54, 1.807) is 13.8 Å². The first kappa shape index (κ1) is 11.8. The molecular weight excluding hydrogens is 236 g/mol. The van der Waals surface area contributed by atoms with Gasteiger partial charge in [-0.3, -0.25) is 0 Å². The fourth-order valence-corrected chi connectivity index (χ4v) is 2.28. The van der Waals surface area contributed by atoms with E-state index >= 15 is 0 Å². The Labute approximate surface area is 111 Å². The minimum atomic E-state index is -1.01. The summed E-state index contributed by atoms with van der Waals surface area (Å²) in [5.74, 6) is 6.01. The van der Waals surface area contributed by atoms with E-state index in [4.69, 9.17) is 0 Å². The third-order valence-electron chi connectivity index (χ3n) is 3.15. The van der Waals surface area contributed by atoms with Gasteiger partial charge in [-0.2, -0.15) is 0 Å². The van der Waals surface area contributed by atoms with Crippen LogP contribution in [0.2, 0.25) is 0 Å². The average Bonchev–Trinajstić information content (AvgIpc) is 2.91. The van der Waals surface area contributed by atoms with E-state index in [1.807, 2.05) is 36.4 Å². The summed E-state index contributed by atoms with van der Waals surface area (Å²) < 4.78 is 0. The van der Waals surface area contributed by atoms with Gasteiger partial charge >= 0.3 is 0 Å². The highest BCUT2D eigenvalue weighted by atomic mass is 16.3. The van der Waals surface area contributed by atoms with Crippen LogP contribution < -0.4 is 10.4 Å². The molecule has 0 bridgehead atoms. The first-order valence-corrected chi connectivity index (χ1v) is 6.18. The molecule has 0 radical (unpaired) electrons. The van der Waals surface area contributed by atoms with Crippen LogP contribution in [0, 0.1) is 11.8 Å². The lowest BCUT2D eigenvalue weighted by molar-refractivity contribution is 0.143. The molecule has 0 saturated heterocycles. The molecule has 2 aliphatic carbocycles. The Morgan fingerprint density at radius 1 is 1.16 bits per heavy atom. The summed E-state index contributed by atoms with van der Waals surface area (Å²) in [5, 5.41) is 21.6. The van der Waals surface area contributed by atoms with Crippen LogP contribution in [-0.4, -0.2) is 15.8 Å². The lowest BCUT2D eigenvalue weighted by Crippen LogP contribution is -2.24. The van der Waals surface area contributed by atoms with E-state index in [0.29, 0.717) is 5.76 Å². The SMILES string of the molecule is CC(C)(O)C#Cc1ccc2c(c1)=C(O)C1=CC=CC=21. The summed E-state index contributed by atoms with van der Waals surface area (Å²) in [5.41, 5.74) is 1.72. The molecule has 94 valence electrons. The monoisotopic (exact) mass is 250 g/mol. The van der Waals surface area contributed by atoms with E-state index in [2.05, 4.69) is 11.8 Å². The molecule has 0 aliphatic heterocycles. The fourth-order valence-electron chi connectivity index (χ4n) is 2.28. The summed E-state index contributed by atoms with van der Waals surface area (Å²) >= 11 is 0. The molecule has 0 heterocycles. The Morgan fingerprint density at radius 3 is 2.68 bits per heavy atom. The van der Waals surface area contributed by atoms with Gasteiger partial charge in [-0.25, -0.2) is 0 Å². The topological polar surface area (TPSA) is 40.5 Å². The maximum absolute atomic E-state index is 10.2. The molecule has 1 aromatic rings. The van der Waals surface area contributed by atoms with Crippen LogP contribution in [0.25, 0.3) is 11.3 Å². The molecule has 2 nitrogen and oxygen atoms in total. The van der Waals surface area contributed by atoms with Crippen molar-refractivity contribution in [1.29, 1.82) is 0 Å². The maximum Gasteiger partial charge on any atom is 0.131 e. The van der Waals surface area contributed by atoms with Gasteiger partial charge in [0.15, 0.2) is 0 Å². The van der Waals surface area contributed by atoms with Crippen molar-refractivity contribution in [2.75, 3.05) is 0 Å². The van der Waals surface area contributed by atoms with E-state index in [0.717, 1.165) is 27.1 Å². The van der Waals surface area contributed by atoms with E-state index in [1.165, 1.54) is 0 Å². The van der Waals surface area contributed by atoms with Crippen molar-refractivity contribution in [3.8, 4) is 11.8 Å². The van der Waals surface area contributed by atoms with Gasteiger partial charge < -0.3 is 10.2 Å². The molecule has 19 heavy (non-hydrogen) atoms. The second-order valence-electron chi connectivity index (χ2n) is 5.27. The summed E-state index contributed by atoms with van der Waals surface area (Å²) in [6, 6.07) is 5.74. The number of rotatable bonds is 0. The molecule has 2 aliphatic rings. The third kappa shape index (κ3) is 1.99. The van der Waals surface area contributed by atoms with Gasteiger partial charge in [0.2, 0.25) is 0 Å². The number of hydrogen-bond acceptors (Lipinski definition) is 2. The number of aliphatic hydroxyl groups is 2. The zero-order chi connectivity index (χ0) is 13.6. The average molecular weight is 250 g/mol. The van der Waals surface area contributed by atoms with Crippen LogP contribution in [-0.2, 0) is 0 Å². The van der Waals surface area contributed by atoms with Crippen molar-refractivity contribution in [2.24, 2.45) is 0 Å². The first-order chi connectivity index (χ1) is 8.96. The molecule has 0 aromatic heterocycles. The third-order valence-corrected chi connectivity index (χ3v) is 3.15. The zero-order valence-electron chi connectivity index (χ0n) is 10.9. The number of aliphatic hydroxyl groups excluding tert-OH is 1. The lowest BCUT2D eigenvalue weighted by atomic mass is 10.1. The van der Waals surface area contributed by atoms with Crippen LogP contribution in [0.1, 0.15) is 19.4 Å². The zero-order valence-corrected chi connectivity index (χ0v) is 10.9. The number of fused-ring (bicyclic) bond motifs is 2. The van der Waals surface area contributed by atoms with Gasteiger partial charge in [0.05, 0.1) is 0 Å². The smallest absolute Gasteiger partial charge is 0.131 e. The Hall–Kier alpha value is -2.24. The van der Waals surface area contributed by atoms with Crippen LogP contribution in [0.5, 0.6) is 0 Å². The Morgan fingerprint density at radius 2 is 1.95 bits per heavy atom. The van der Waals surface area contributed by atoms with E-state index < -0.39 is 5.60 Å². The van der Waals surface area contributed by atoms with Crippen LogP contribution >= 0.6 is 0 Å². The molecule has 0 spiro atoms. The molecule has 0 unspecified atom stereocenters. The second-order valence-corrected chi connectivity index (χ2v) is 5.27. The van der Waals surface area contributed by atoms with Crippen molar-refractivity contribution in [3.05, 3.63) is 58.0 Å². The van der Waals surface area contributed by atoms with E-state index in [9.17, 15) is 10.2 Å². The van der Waals surface area contributed by atoms with Crippen LogP contribution in [0.4, 0.5) is 0 Å². The van der Waals surface area contributed by atoms with E-state index in [-0.39, 0.29) is 0 Å². The highest BCUT2D eigenvalue weighted by Crippen LogP contribution is 2.26.